The first-order chi connectivity index (χ1) is 17.3. The number of nitrogens with zero attached hydrogens (tertiary/aromatic N) is 4. The molecule has 12 heteroatoms. The van der Waals surface area contributed by atoms with Crippen molar-refractivity contribution < 1.29 is 28.0 Å². The van der Waals surface area contributed by atoms with E-state index in [0.29, 0.717) is 67.2 Å². The zero-order valence-corrected chi connectivity index (χ0v) is 20.7. The second kappa shape index (κ2) is 10.1. The summed E-state index contributed by atoms with van der Waals surface area (Å²) in [5.41, 5.74) is 1.90. The number of hydrogen-bond acceptors (Lipinski definition) is 8. The van der Waals surface area contributed by atoms with E-state index in [9.17, 15) is 18.5 Å². The van der Waals surface area contributed by atoms with Crippen LogP contribution >= 0.6 is 0 Å². The normalized spacial score (nSPS) is 21.8. The van der Waals surface area contributed by atoms with Crippen molar-refractivity contribution in [3.8, 4) is 5.75 Å². The number of rotatable bonds is 5. The third-order valence-corrected chi connectivity index (χ3v) is 8.64. The Labute approximate surface area is 208 Å². The fourth-order valence-electron chi connectivity index (χ4n) is 4.51. The van der Waals surface area contributed by atoms with Crippen molar-refractivity contribution >= 4 is 32.7 Å². The molecule has 10 nitrogen and oxygen atoms in total. The lowest BCUT2D eigenvalue weighted by molar-refractivity contribution is 0.0668. The van der Waals surface area contributed by atoms with E-state index in [-0.39, 0.29) is 29.3 Å². The lowest BCUT2D eigenvalue weighted by atomic mass is 9.95. The number of ether oxygens (including phenoxy) is 2. The number of hydrogen-bond donors (Lipinski definition) is 2. The summed E-state index contributed by atoms with van der Waals surface area (Å²) in [7, 11) is -2.66. The molecule has 2 aliphatic rings. The summed E-state index contributed by atoms with van der Waals surface area (Å²) in [6, 6.07) is 4.20. The summed E-state index contributed by atoms with van der Waals surface area (Å²) in [5, 5.41) is 17.2. The third-order valence-electron chi connectivity index (χ3n) is 6.53. The minimum absolute atomic E-state index is 0.130. The van der Waals surface area contributed by atoms with E-state index >= 15 is 0 Å². The number of fused-ring (bicyclic) bond motifs is 1. The second-order valence-electron chi connectivity index (χ2n) is 9.07. The summed E-state index contributed by atoms with van der Waals surface area (Å²) >= 11 is 0. The minimum Gasteiger partial charge on any atom is -0.488 e. The van der Waals surface area contributed by atoms with Crippen LogP contribution in [0.15, 0.2) is 35.1 Å². The maximum atomic E-state index is 14.1. The lowest BCUT2D eigenvalue weighted by Gasteiger charge is -2.27. The topological polar surface area (TPSA) is 127 Å². The maximum absolute atomic E-state index is 14.1. The molecule has 192 valence electrons. The molecule has 5 rings (SSSR count). The number of nitrogens with one attached hydrogen (secondary N) is 1. The molecule has 1 aliphatic heterocycles. The van der Waals surface area contributed by atoms with Gasteiger partial charge in [0.05, 0.1) is 57.9 Å². The van der Waals surface area contributed by atoms with Gasteiger partial charge in [0.1, 0.15) is 23.4 Å². The highest BCUT2D eigenvalue weighted by Crippen LogP contribution is 2.34. The fraction of sp³-hybridized carbons (Fsp3) is 0.458. The van der Waals surface area contributed by atoms with Gasteiger partial charge in [0.15, 0.2) is 5.82 Å². The van der Waals surface area contributed by atoms with Crippen LogP contribution in [0.25, 0.3) is 5.52 Å². The van der Waals surface area contributed by atoms with Gasteiger partial charge in [-0.05, 0) is 50.3 Å². The average molecular weight is 518 g/mol. The zero-order valence-electron chi connectivity index (χ0n) is 19.9. The molecule has 36 heavy (non-hydrogen) atoms. The summed E-state index contributed by atoms with van der Waals surface area (Å²) in [6.45, 7) is 2.38. The molecule has 0 unspecified atom stereocenters. The number of halogens is 1. The summed E-state index contributed by atoms with van der Waals surface area (Å²) in [4.78, 5) is 17.3. The molecule has 2 aromatic heterocycles. The van der Waals surface area contributed by atoms with Crippen molar-refractivity contribution in [2.24, 2.45) is 4.36 Å². The number of aliphatic hydroxyl groups is 1. The van der Waals surface area contributed by atoms with Crippen molar-refractivity contribution in [1.82, 2.24) is 14.6 Å². The van der Waals surface area contributed by atoms with E-state index in [1.54, 1.807) is 19.2 Å². The van der Waals surface area contributed by atoms with E-state index in [1.165, 1.54) is 23.0 Å². The number of aromatic nitrogens is 3. The first kappa shape index (κ1) is 24.6. The fourth-order valence-corrected chi connectivity index (χ4v) is 6.05. The Morgan fingerprint density at radius 1 is 1.28 bits per heavy atom. The van der Waals surface area contributed by atoms with E-state index in [1.807, 2.05) is 0 Å². The predicted octanol–water partition coefficient (Wildman–Crippen LogP) is 3.24. The van der Waals surface area contributed by atoms with Gasteiger partial charge in [-0.1, -0.05) is 0 Å². The molecule has 0 atom stereocenters. The van der Waals surface area contributed by atoms with Crippen LogP contribution < -0.4 is 10.1 Å². The molecular formula is C24H28FN5O5S. The SMILES string of the molecule is Cc1c(C(=O)N=S2(=O)CCOCC2)cn2ncnc(Nc3ccc(F)cc3OC3CCC(O)CC3)c12. The lowest BCUT2D eigenvalue weighted by Crippen LogP contribution is -2.26. The van der Waals surface area contributed by atoms with E-state index in [0.717, 1.165) is 0 Å². The first-order valence-electron chi connectivity index (χ1n) is 11.9. The number of carbonyl (C=O) groups excluding carboxylic acids is 1. The maximum Gasteiger partial charge on any atom is 0.287 e. The molecule has 1 aromatic carbocycles. The van der Waals surface area contributed by atoms with Gasteiger partial charge in [-0.3, -0.25) is 4.79 Å². The molecule has 1 saturated carbocycles. The molecule has 3 aromatic rings. The third kappa shape index (κ3) is 5.20. The second-order valence-corrected chi connectivity index (χ2v) is 11.6. The van der Waals surface area contributed by atoms with Crippen LogP contribution in [0.1, 0.15) is 41.6 Å². The number of anilines is 2. The largest absolute Gasteiger partial charge is 0.488 e. The Hall–Kier alpha value is -3.09. The molecule has 0 radical (unpaired) electrons. The molecule has 0 bridgehead atoms. The molecule has 3 heterocycles. The Kier molecular flexibility index (Phi) is 6.91. The van der Waals surface area contributed by atoms with Crippen molar-refractivity contribution in [1.29, 1.82) is 0 Å². The predicted molar refractivity (Wildman–Crippen MR) is 132 cm³/mol. The average Bonchev–Trinajstić information content (AvgIpc) is 3.20. The first-order valence-corrected chi connectivity index (χ1v) is 13.8. The van der Waals surface area contributed by atoms with Crippen molar-refractivity contribution in [2.75, 3.05) is 30.0 Å². The number of aryl methyl sites for hydroxylation is 1. The van der Waals surface area contributed by atoms with Gasteiger partial charge >= 0.3 is 0 Å². The molecule has 1 amide bonds. The van der Waals surface area contributed by atoms with Gasteiger partial charge < -0.3 is 19.9 Å². The van der Waals surface area contributed by atoms with Gasteiger partial charge in [-0.2, -0.15) is 9.46 Å². The van der Waals surface area contributed by atoms with Crippen LogP contribution in [0.3, 0.4) is 0 Å². The van der Waals surface area contributed by atoms with Crippen LogP contribution in [-0.2, 0) is 14.5 Å². The van der Waals surface area contributed by atoms with Crippen molar-refractivity contribution in [2.45, 2.75) is 44.8 Å². The van der Waals surface area contributed by atoms with E-state index in [2.05, 4.69) is 19.8 Å². The van der Waals surface area contributed by atoms with Gasteiger partial charge in [-0.15, -0.1) is 0 Å². The van der Waals surface area contributed by atoms with Gasteiger partial charge in [0.2, 0.25) is 0 Å². The van der Waals surface area contributed by atoms with Crippen molar-refractivity contribution in [3.63, 3.8) is 0 Å². The van der Waals surface area contributed by atoms with E-state index < -0.39 is 21.5 Å². The Morgan fingerprint density at radius 3 is 2.78 bits per heavy atom. The molecular weight excluding hydrogens is 489 g/mol. The van der Waals surface area contributed by atoms with Crippen molar-refractivity contribution in [3.05, 3.63) is 47.7 Å². The number of aliphatic hydroxyl groups excluding tert-OH is 1. The summed E-state index contributed by atoms with van der Waals surface area (Å²) in [5.74, 6) is 0.180. The molecule has 1 aliphatic carbocycles. The summed E-state index contributed by atoms with van der Waals surface area (Å²) < 4.78 is 43.9. The van der Waals surface area contributed by atoms with E-state index in [4.69, 9.17) is 9.47 Å². The minimum atomic E-state index is -2.66. The molecule has 0 spiro atoms. The highest BCUT2D eigenvalue weighted by atomic mass is 32.2. The Balaban J connectivity index is 1.46. The van der Waals surface area contributed by atoms with Crippen LogP contribution in [0.2, 0.25) is 0 Å². The number of carbonyl (C=O) groups is 1. The highest BCUT2D eigenvalue weighted by molar-refractivity contribution is 7.94. The zero-order chi connectivity index (χ0) is 25.3. The molecule has 1 saturated heterocycles. The smallest absolute Gasteiger partial charge is 0.287 e. The quantitative estimate of drug-likeness (QED) is 0.528. The molecule has 2 fully saturated rings. The number of amides is 1. The van der Waals surface area contributed by atoms with Crippen LogP contribution in [0.4, 0.5) is 15.9 Å². The van der Waals surface area contributed by atoms with Crippen LogP contribution in [0.5, 0.6) is 5.75 Å². The molecule has 2 N–H and O–H groups in total. The Bertz CT molecular complexity index is 1400. The standard InChI is InChI=1S/C24H28FN5O5S/c1-15-19(24(32)29-36(33)10-8-34-9-11-36)13-30-22(15)23(26-14-27-30)28-20-7-2-16(25)12-21(20)35-18-5-3-17(31)4-6-18/h2,7,12-14,17-18,31H,3-6,8-11H2,1H3,(H,26,27,28). The summed E-state index contributed by atoms with van der Waals surface area (Å²) in [6.07, 6.45) is 5.06. The van der Waals surface area contributed by atoms with Crippen LogP contribution in [0, 0.1) is 12.7 Å². The monoisotopic (exact) mass is 517 g/mol. The van der Waals surface area contributed by atoms with Gasteiger partial charge in [0, 0.05) is 12.3 Å². The number of benzene rings is 1. The van der Waals surface area contributed by atoms with Gasteiger partial charge in [0.25, 0.3) is 5.91 Å². The van der Waals surface area contributed by atoms with Gasteiger partial charge in [-0.25, -0.2) is 18.1 Å². The highest BCUT2D eigenvalue weighted by Gasteiger charge is 2.24. The van der Waals surface area contributed by atoms with Crippen LogP contribution in [-0.4, -0.2) is 66.7 Å². The Morgan fingerprint density at radius 2 is 2.03 bits per heavy atom.